The molecule has 0 saturated carbocycles. The van der Waals surface area contributed by atoms with Crippen molar-refractivity contribution in [1.29, 1.82) is 0 Å². The van der Waals surface area contributed by atoms with Crippen molar-refractivity contribution in [3.05, 3.63) is 18.2 Å². The molecule has 0 aromatic heterocycles. The van der Waals surface area contributed by atoms with Crippen LogP contribution in [-0.2, 0) is 4.79 Å². The van der Waals surface area contributed by atoms with E-state index in [9.17, 15) is 4.79 Å². The van der Waals surface area contributed by atoms with Crippen molar-refractivity contribution < 1.29 is 14.3 Å². The Morgan fingerprint density at radius 1 is 1.21 bits per heavy atom. The number of unbranched alkanes of at least 4 members (excludes halogenated alkanes) is 1. The van der Waals surface area contributed by atoms with Gasteiger partial charge in [0.1, 0.15) is 0 Å². The third-order valence-corrected chi connectivity index (χ3v) is 2.69. The predicted octanol–water partition coefficient (Wildman–Crippen LogP) is 2.03. The number of rotatable bonds is 8. The maximum Gasteiger partial charge on any atom is 0.239 e. The first kappa shape index (κ1) is 15.1. The van der Waals surface area contributed by atoms with Crippen LogP contribution in [0.15, 0.2) is 18.2 Å². The van der Waals surface area contributed by atoms with Gasteiger partial charge < -0.3 is 20.1 Å². The van der Waals surface area contributed by atoms with E-state index in [1.54, 1.807) is 26.4 Å². The molecule has 0 unspecified atom stereocenters. The highest BCUT2D eigenvalue weighted by atomic mass is 16.5. The fourth-order valence-electron chi connectivity index (χ4n) is 1.60. The Kier molecular flexibility index (Phi) is 6.57. The monoisotopic (exact) mass is 266 g/mol. The average molecular weight is 266 g/mol. The number of ether oxygens (including phenoxy) is 2. The highest BCUT2D eigenvalue weighted by Gasteiger charge is 2.05. The summed E-state index contributed by atoms with van der Waals surface area (Å²) in [5.74, 6) is 1.29. The van der Waals surface area contributed by atoms with E-state index in [2.05, 4.69) is 17.6 Å². The normalized spacial score (nSPS) is 9.84. The highest BCUT2D eigenvalue weighted by Crippen LogP contribution is 2.29. The van der Waals surface area contributed by atoms with Gasteiger partial charge in [-0.05, 0) is 18.6 Å². The van der Waals surface area contributed by atoms with Crippen LogP contribution < -0.4 is 20.1 Å². The molecular formula is C14H22N2O3. The first-order valence-electron chi connectivity index (χ1n) is 6.43. The van der Waals surface area contributed by atoms with Crippen LogP contribution in [0, 0.1) is 0 Å². The van der Waals surface area contributed by atoms with Gasteiger partial charge in [0.15, 0.2) is 11.5 Å². The number of hydrogen-bond donors (Lipinski definition) is 2. The summed E-state index contributed by atoms with van der Waals surface area (Å²) < 4.78 is 10.3. The molecule has 0 aliphatic heterocycles. The lowest BCUT2D eigenvalue weighted by Crippen LogP contribution is -2.30. The zero-order valence-corrected chi connectivity index (χ0v) is 11.8. The summed E-state index contributed by atoms with van der Waals surface area (Å²) in [5.41, 5.74) is 0.822. The average Bonchev–Trinajstić information content (AvgIpc) is 2.45. The number of hydrogen-bond acceptors (Lipinski definition) is 4. The van der Waals surface area contributed by atoms with Crippen LogP contribution in [0.1, 0.15) is 19.8 Å². The van der Waals surface area contributed by atoms with Crippen LogP contribution in [0.25, 0.3) is 0 Å². The van der Waals surface area contributed by atoms with Crippen molar-refractivity contribution in [2.75, 3.05) is 32.6 Å². The molecule has 106 valence electrons. The van der Waals surface area contributed by atoms with Crippen LogP contribution in [0.3, 0.4) is 0 Å². The van der Waals surface area contributed by atoms with Gasteiger partial charge in [-0.2, -0.15) is 0 Å². The second-order valence-electron chi connectivity index (χ2n) is 4.13. The van der Waals surface area contributed by atoms with Gasteiger partial charge in [-0.1, -0.05) is 13.3 Å². The molecule has 0 aliphatic carbocycles. The van der Waals surface area contributed by atoms with E-state index in [-0.39, 0.29) is 12.5 Å². The number of methoxy groups -OCH3 is 2. The van der Waals surface area contributed by atoms with Gasteiger partial charge in [0.2, 0.25) is 5.91 Å². The SMILES string of the molecule is CCCCNC(=O)CNc1ccc(OC)c(OC)c1. The van der Waals surface area contributed by atoms with E-state index in [1.807, 2.05) is 6.07 Å². The van der Waals surface area contributed by atoms with Gasteiger partial charge in [0.25, 0.3) is 0 Å². The van der Waals surface area contributed by atoms with E-state index in [0.717, 1.165) is 25.1 Å². The van der Waals surface area contributed by atoms with E-state index in [4.69, 9.17) is 9.47 Å². The second-order valence-corrected chi connectivity index (χ2v) is 4.13. The maximum atomic E-state index is 11.5. The molecule has 1 aromatic carbocycles. The van der Waals surface area contributed by atoms with Crippen LogP contribution in [-0.4, -0.2) is 33.2 Å². The van der Waals surface area contributed by atoms with Crippen LogP contribution in [0.4, 0.5) is 5.69 Å². The van der Waals surface area contributed by atoms with Crippen molar-refractivity contribution >= 4 is 11.6 Å². The summed E-state index contributed by atoms with van der Waals surface area (Å²) >= 11 is 0. The third-order valence-electron chi connectivity index (χ3n) is 2.69. The Labute approximate surface area is 114 Å². The van der Waals surface area contributed by atoms with Gasteiger partial charge in [-0.15, -0.1) is 0 Å². The lowest BCUT2D eigenvalue weighted by Gasteiger charge is -2.11. The van der Waals surface area contributed by atoms with E-state index < -0.39 is 0 Å². The molecular weight excluding hydrogens is 244 g/mol. The molecule has 1 rings (SSSR count). The van der Waals surface area contributed by atoms with Crippen molar-refractivity contribution in [3.8, 4) is 11.5 Å². The lowest BCUT2D eigenvalue weighted by molar-refractivity contribution is -0.119. The Hall–Kier alpha value is -1.91. The van der Waals surface area contributed by atoms with Crippen LogP contribution in [0.2, 0.25) is 0 Å². The van der Waals surface area contributed by atoms with Crippen molar-refractivity contribution in [2.45, 2.75) is 19.8 Å². The number of anilines is 1. The summed E-state index contributed by atoms with van der Waals surface area (Å²) in [6, 6.07) is 5.45. The molecule has 2 N–H and O–H groups in total. The molecule has 0 aliphatic rings. The van der Waals surface area contributed by atoms with E-state index >= 15 is 0 Å². The molecule has 0 atom stereocenters. The van der Waals surface area contributed by atoms with Crippen molar-refractivity contribution in [2.24, 2.45) is 0 Å². The molecule has 5 nitrogen and oxygen atoms in total. The maximum absolute atomic E-state index is 11.5. The zero-order valence-electron chi connectivity index (χ0n) is 11.8. The molecule has 1 aromatic rings. The van der Waals surface area contributed by atoms with Crippen molar-refractivity contribution in [3.63, 3.8) is 0 Å². The summed E-state index contributed by atoms with van der Waals surface area (Å²) in [5, 5.41) is 5.90. The Morgan fingerprint density at radius 2 is 1.95 bits per heavy atom. The fraction of sp³-hybridized carbons (Fsp3) is 0.500. The number of nitrogens with one attached hydrogen (secondary N) is 2. The lowest BCUT2D eigenvalue weighted by atomic mass is 10.2. The largest absolute Gasteiger partial charge is 0.493 e. The number of amides is 1. The number of carbonyl (C=O) groups is 1. The quantitative estimate of drug-likeness (QED) is 0.707. The third kappa shape index (κ3) is 5.07. The Balaban J connectivity index is 2.47. The van der Waals surface area contributed by atoms with E-state index in [1.165, 1.54) is 0 Å². The molecule has 0 heterocycles. The van der Waals surface area contributed by atoms with Gasteiger partial charge >= 0.3 is 0 Å². The standard InChI is InChI=1S/C14H22N2O3/c1-4-5-8-15-14(17)10-16-11-6-7-12(18-2)13(9-11)19-3/h6-7,9,16H,4-5,8,10H2,1-3H3,(H,15,17). The summed E-state index contributed by atoms with van der Waals surface area (Å²) in [6.07, 6.45) is 2.07. The first-order chi connectivity index (χ1) is 9.21. The minimum atomic E-state index is -0.0109. The molecule has 5 heteroatoms. The minimum absolute atomic E-state index is 0.0109. The van der Waals surface area contributed by atoms with Gasteiger partial charge in [-0.3, -0.25) is 4.79 Å². The Morgan fingerprint density at radius 3 is 2.58 bits per heavy atom. The summed E-state index contributed by atoms with van der Waals surface area (Å²) in [4.78, 5) is 11.5. The molecule has 0 radical (unpaired) electrons. The molecule has 1 amide bonds. The zero-order chi connectivity index (χ0) is 14.1. The molecule has 0 spiro atoms. The highest BCUT2D eigenvalue weighted by molar-refractivity contribution is 5.80. The first-order valence-corrected chi connectivity index (χ1v) is 6.43. The van der Waals surface area contributed by atoms with Crippen LogP contribution >= 0.6 is 0 Å². The number of carbonyl (C=O) groups excluding carboxylic acids is 1. The molecule has 0 saturated heterocycles. The smallest absolute Gasteiger partial charge is 0.239 e. The summed E-state index contributed by atoms with van der Waals surface area (Å²) in [7, 11) is 3.17. The number of benzene rings is 1. The molecule has 0 fully saturated rings. The Bertz CT molecular complexity index is 408. The molecule has 19 heavy (non-hydrogen) atoms. The van der Waals surface area contributed by atoms with Crippen LogP contribution in [0.5, 0.6) is 11.5 Å². The minimum Gasteiger partial charge on any atom is -0.493 e. The predicted molar refractivity (Wildman–Crippen MR) is 76.0 cm³/mol. The van der Waals surface area contributed by atoms with Gasteiger partial charge in [0, 0.05) is 18.3 Å². The molecule has 0 bridgehead atoms. The van der Waals surface area contributed by atoms with E-state index in [0.29, 0.717) is 11.5 Å². The van der Waals surface area contributed by atoms with Crippen molar-refractivity contribution in [1.82, 2.24) is 5.32 Å². The fourth-order valence-corrected chi connectivity index (χ4v) is 1.60. The second kappa shape index (κ2) is 8.24. The summed E-state index contributed by atoms with van der Waals surface area (Å²) in [6.45, 7) is 3.07. The van der Waals surface area contributed by atoms with Gasteiger partial charge in [0.05, 0.1) is 20.8 Å². The van der Waals surface area contributed by atoms with Gasteiger partial charge in [-0.25, -0.2) is 0 Å². The topological polar surface area (TPSA) is 59.6 Å².